The predicted octanol–water partition coefficient (Wildman–Crippen LogP) is 3.25. The molecule has 20 heavy (non-hydrogen) atoms. The Labute approximate surface area is 125 Å². The van der Waals surface area contributed by atoms with E-state index in [9.17, 15) is 4.79 Å². The van der Waals surface area contributed by atoms with Gasteiger partial charge in [0.25, 0.3) is 0 Å². The second kappa shape index (κ2) is 6.84. The predicted molar refractivity (Wildman–Crippen MR) is 81.4 cm³/mol. The smallest absolute Gasteiger partial charge is 0.409 e. The van der Waals surface area contributed by atoms with Gasteiger partial charge >= 0.3 is 6.09 Å². The fourth-order valence-electron chi connectivity index (χ4n) is 2.15. The van der Waals surface area contributed by atoms with Gasteiger partial charge in [-0.3, -0.25) is 0 Å². The Kier molecular flexibility index (Phi) is 5.12. The van der Waals surface area contributed by atoms with Crippen LogP contribution in [0, 0.1) is 5.92 Å². The highest BCUT2D eigenvalue weighted by Crippen LogP contribution is 2.20. The topological polar surface area (TPSA) is 32.8 Å². The van der Waals surface area contributed by atoms with Crippen LogP contribution < -0.4 is 4.90 Å². The van der Waals surface area contributed by atoms with Gasteiger partial charge in [0.15, 0.2) is 0 Å². The number of nitrogens with zero attached hydrogens (tertiary/aromatic N) is 2. The summed E-state index contributed by atoms with van der Waals surface area (Å²) in [7, 11) is 0. The summed E-state index contributed by atoms with van der Waals surface area (Å²) in [5, 5.41) is 0.737. The first kappa shape index (κ1) is 15.0. The normalized spacial score (nSPS) is 15.6. The van der Waals surface area contributed by atoms with E-state index in [-0.39, 0.29) is 6.09 Å². The molecule has 110 valence electrons. The van der Waals surface area contributed by atoms with Gasteiger partial charge in [-0.2, -0.15) is 0 Å². The fraction of sp³-hybridized carbons (Fsp3) is 0.533. The first-order valence-corrected chi connectivity index (χ1v) is 7.36. The molecule has 1 fully saturated rings. The van der Waals surface area contributed by atoms with Gasteiger partial charge in [-0.25, -0.2) is 4.79 Å². The van der Waals surface area contributed by atoms with Gasteiger partial charge in [0.1, 0.15) is 0 Å². The molecule has 0 atom stereocenters. The second-order valence-electron chi connectivity index (χ2n) is 5.42. The zero-order valence-electron chi connectivity index (χ0n) is 12.0. The van der Waals surface area contributed by atoms with E-state index in [1.54, 1.807) is 4.90 Å². The Bertz CT molecular complexity index is 457. The number of anilines is 1. The zero-order valence-corrected chi connectivity index (χ0v) is 12.8. The highest BCUT2D eigenvalue weighted by molar-refractivity contribution is 6.30. The highest BCUT2D eigenvalue weighted by atomic mass is 35.5. The van der Waals surface area contributed by atoms with Gasteiger partial charge in [-0.15, -0.1) is 0 Å². The number of carbonyl (C=O) groups excluding carboxylic acids is 1. The molecule has 1 amide bonds. The van der Waals surface area contributed by atoms with Gasteiger partial charge in [-0.05, 0) is 24.1 Å². The summed E-state index contributed by atoms with van der Waals surface area (Å²) >= 11 is 6.00. The molecular formula is C15H21ClN2O2. The Morgan fingerprint density at radius 1 is 1.30 bits per heavy atom. The Morgan fingerprint density at radius 2 is 2.00 bits per heavy atom. The van der Waals surface area contributed by atoms with Crippen molar-refractivity contribution in [1.82, 2.24) is 4.90 Å². The summed E-state index contributed by atoms with van der Waals surface area (Å²) in [6.45, 7) is 7.52. The van der Waals surface area contributed by atoms with Crippen LogP contribution in [0.25, 0.3) is 0 Å². The number of benzene rings is 1. The molecule has 1 aliphatic rings. The number of carbonyl (C=O) groups is 1. The molecule has 0 radical (unpaired) electrons. The van der Waals surface area contributed by atoms with Gasteiger partial charge < -0.3 is 14.5 Å². The second-order valence-corrected chi connectivity index (χ2v) is 5.86. The van der Waals surface area contributed by atoms with E-state index >= 15 is 0 Å². The zero-order chi connectivity index (χ0) is 14.5. The molecule has 0 unspecified atom stereocenters. The van der Waals surface area contributed by atoms with Crippen molar-refractivity contribution in [2.24, 2.45) is 5.92 Å². The van der Waals surface area contributed by atoms with E-state index in [1.165, 1.54) is 0 Å². The van der Waals surface area contributed by atoms with E-state index in [2.05, 4.69) is 4.90 Å². The van der Waals surface area contributed by atoms with Crippen molar-refractivity contribution in [3.8, 4) is 0 Å². The number of hydrogen-bond acceptors (Lipinski definition) is 3. The first-order chi connectivity index (χ1) is 9.56. The molecule has 1 aromatic carbocycles. The summed E-state index contributed by atoms with van der Waals surface area (Å²) < 4.78 is 5.25. The van der Waals surface area contributed by atoms with E-state index in [0.29, 0.717) is 25.6 Å². The quantitative estimate of drug-likeness (QED) is 0.858. The lowest BCUT2D eigenvalue weighted by atomic mass is 10.2. The largest absolute Gasteiger partial charge is 0.449 e. The number of rotatable bonds is 3. The maximum Gasteiger partial charge on any atom is 0.409 e. The van der Waals surface area contributed by atoms with E-state index in [4.69, 9.17) is 16.3 Å². The number of ether oxygens (including phenoxy) is 1. The molecule has 0 aromatic heterocycles. The average molecular weight is 297 g/mol. The van der Waals surface area contributed by atoms with Gasteiger partial charge in [-0.1, -0.05) is 31.5 Å². The summed E-state index contributed by atoms with van der Waals surface area (Å²) in [4.78, 5) is 15.9. The van der Waals surface area contributed by atoms with E-state index in [0.717, 1.165) is 23.8 Å². The monoisotopic (exact) mass is 296 g/mol. The van der Waals surface area contributed by atoms with Crippen LogP contribution in [-0.4, -0.2) is 43.8 Å². The lowest BCUT2D eigenvalue weighted by Gasteiger charge is -2.35. The Hall–Kier alpha value is -1.42. The number of halogens is 1. The van der Waals surface area contributed by atoms with Crippen LogP contribution >= 0.6 is 11.6 Å². The summed E-state index contributed by atoms with van der Waals surface area (Å²) in [6, 6.07) is 7.80. The maximum atomic E-state index is 11.9. The third-order valence-corrected chi connectivity index (χ3v) is 3.49. The molecule has 0 spiro atoms. The minimum Gasteiger partial charge on any atom is -0.449 e. The summed E-state index contributed by atoms with van der Waals surface area (Å²) in [5.74, 6) is 0.367. The molecule has 0 saturated carbocycles. The molecule has 5 heteroatoms. The molecule has 0 bridgehead atoms. The highest BCUT2D eigenvalue weighted by Gasteiger charge is 2.22. The number of hydrogen-bond donors (Lipinski definition) is 0. The van der Waals surface area contributed by atoms with Crippen molar-refractivity contribution >= 4 is 23.4 Å². The molecular weight excluding hydrogens is 276 g/mol. The van der Waals surface area contributed by atoms with Crippen LogP contribution in [0.4, 0.5) is 10.5 Å². The molecule has 4 nitrogen and oxygen atoms in total. The van der Waals surface area contributed by atoms with Crippen LogP contribution in [0.2, 0.25) is 5.02 Å². The average Bonchev–Trinajstić information content (AvgIpc) is 2.45. The number of piperazine rings is 1. The van der Waals surface area contributed by atoms with Gasteiger partial charge in [0.05, 0.1) is 6.61 Å². The molecule has 1 heterocycles. The Morgan fingerprint density at radius 3 is 2.60 bits per heavy atom. The van der Waals surface area contributed by atoms with Crippen LogP contribution in [0.1, 0.15) is 13.8 Å². The third-order valence-electron chi connectivity index (χ3n) is 3.25. The molecule has 1 saturated heterocycles. The van der Waals surface area contributed by atoms with Crippen molar-refractivity contribution in [3.63, 3.8) is 0 Å². The van der Waals surface area contributed by atoms with Crippen LogP contribution in [-0.2, 0) is 4.74 Å². The molecule has 2 rings (SSSR count). The Balaban J connectivity index is 1.84. The van der Waals surface area contributed by atoms with Gasteiger partial charge in [0.2, 0.25) is 0 Å². The van der Waals surface area contributed by atoms with Crippen molar-refractivity contribution < 1.29 is 9.53 Å². The van der Waals surface area contributed by atoms with Crippen molar-refractivity contribution in [1.29, 1.82) is 0 Å². The maximum absolute atomic E-state index is 11.9. The minimum atomic E-state index is -0.204. The summed E-state index contributed by atoms with van der Waals surface area (Å²) in [6.07, 6.45) is -0.204. The van der Waals surface area contributed by atoms with Crippen molar-refractivity contribution in [2.45, 2.75) is 13.8 Å². The SMILES string of the molecule is CC(C)COC(=O)N1CCN(c2cccc(Cl)c2)CC1. The molecule has 0 N–H and O–H groups in total. The van der Waals surface area contributed by atoms with Crippen LogP contribution in [0.3, 0.4) is 0 Å². The molecule has 0 aliphatic carbocycles. The number of amides is 1. The van der Waals surface area contributed by atoms with Crippen LogP contribution in [0.5, 0.6) is 0 Å². The van der Waals surface area contributed by atoms with E-state index < -0.39 is 0 Å². The lowest BCUT2D eigenvalue weighted by molar-refractivity contribution is 0.0901. The van der Waals surface area contributed by atoms with Crippen molar-refractivity contribution in [2.75, 3.05) is 37.7 Å². The molecule has 1 aliphatic heterocycles. The van der Waals surface area contributed by atoms with Crippen molar-refractivity contribution in [3.05, 3.63) is 29.3 Å². The third kappa shape index (κ3) is 4.04. The molecule has 1 aromatic rings. The standard InChI is InChI=1S/C15H21ClN2O2/c1-12(2)11-20-15(19)18-8-6-17(7-9-18)14-5-3-4-13(16)10-14/h3-5,10,12H,6-9,11H2,1-2H3. The fourth-order valence-corrected chi connectivity index (χ4v) is 2.33. The summed E-state index contributed by atoms with van der Waals surface area (Å²) in [5.41, 5.74) is 1.10. The van der Waals surface area contributed by atoms with Gasteiger partial charge in [0, 0.05) is 36.9 Å². The first-order valence-electron chi connectivity index (χ1n) is 6.98. The van der Waals surface area contributed by atoms with E-state index in [1.807, 2.05) is 38.1 Å². The lowest BCUT2D eigenvalue weighted by Crippen LogP contribution is -2.49. The van der Waals surface area contributed by atoms with Crippen LogP contribution in [0.15, 0.2) is 24.3 Å². The minimum absolute atomic E-state index is 0.204.